The van der Waals surface area contributed by atoms with E-state index in [0.29, 0.717) is 5.92 Å². The SMILES string of the molecule is [2H]C([2H])([2H])C1OC(C2CCCC2)=C(C)N1c1ccccc1C. The van der Waals surface area contributed by atoms with E-state index in [-0.39, 0.29) is 0 Å². The van der Waals surface area contributed by atoms with Crippen LogP contribution in [0.25, 0.3) is 0 Å². The van der Waals surface area contributed by atoms with Crippen LogP contribution in [0.5, 0.6) is 0 Å². The summed E-state index contributed by atoms with van der Waals surface area (Å²) in [6.45, 7) is 1.82. The number of hydrogen-bond acceptors (Lipinski definition) is 2. The van der Waals surface area contributed by atoms with Gasteiger partial charge in [0, 0.05) is 15.7 Å². The lowest BCUT2D eigenvalue weighted by Gasteiger charge is -2.25. The lowest BCUT2D eigenvalue weighted by molar-refractivity contribution is 0.136. The highest BCUT2D eigenvalue weighted by molar-refractivity contribution is 5.59. The molecule has 102 valence electrons. The van der Waals surface area contributed by atoms with Gasteiger partial charge in [-0.2, -0.15) is 0 Å². The van der Waals surface area contributed by atoms with E-state index in [0.717, 1.165) is 35.5 Å². The molecule has 1 aliphatic heterocycles. The summed E-state index contributed by atoms with van der Waals surface area (Å²) in [6.07, 6.45) is 3.69. The number of para-hydroxylation sites is 1. The molecule has 0 radical (unpaired) electrons. The first kappa shape index (κ1) is 9.46. The molecule has 1 fully saturated rings. The van der Waals surface area contributed by atoms with E-state index in [1.54, 1.807) is 0 Å². The Balaban J connectivity index is 2.03. The third-order valence-corrected chi connectivity index (χ3v) is 4.29. The quantitative estimate of drug-likeness (QED) is 0.770. The van der Waals surface area contributed by atoms with Crippen LogP contribution in [0.4, 0.5) is 5.69 Å². The molecule has 1 saturated carbocycles. The second kappa shape index (κ2) is 4.92. The number of hydrogen-bond donors (Lipinski definition) is 0. The fraction of sp³-hybridized carbons (Fsp3) is 0.529. The molecule has 2 aliphatic rings. The molecule has 0 bridgehead atoms. The van der Waals surface area contributed by atoms with Gasteiger partial charge >= 0.3 is 0 Å². The van der Waals surface area contributed by atoms with Crippen LogP contribution in [-0.4, -0.2) is 6.23 Å². The molecule has 0 spiro atoms. The standard InChI is InChI=1S/C17H23NO/c1-12-8-4-7-11-16(12)18-13(2)17(19-14(18)3)15-9-5-6-10-15/h4,7-8,11,14-15H,5-6,9-10H2,1-3H3/i3D3. The first-order valence-corrected chi connectivity index (χ1v) is 7.12. The molecule has 1 heterocycles. The minimum absolute atomic E-state index is 0.374. The Labute approximate surface area is 120 Å². The fourth-order valence-corrected chi connectivity index (χ4v) is 3.27. The Morgan fingerprint density at radius 3 is 2.63 bits per heavy atom. The predicted octanol–water partition coefficient (Wildman–Crippen LogP) is 4.60. The van der Waals surface area contributed by atoms with E-state index >= 15 is 0 Å². The summed E-state index contributed by atoms with van der Waals surface area (Å²) in [7, 11) is 0. The van der Waals surface area contributed by atoms with Gasteiger partial charge in [0.25, 0.3) is 0 Å². The Bertz CT molecular complexity index is 588. The van der Waals surface area contributed by atoms with Crippen molar-refractivity contribution in [1.82, 2.24) is 0 Å². The van der Waals surface area contributed by atoms with Crippen molar-refractivity contribution in [2.24, 2.45) is 5.92 Å². The van der Waals surface area contributed by atoms with Gasteiger partial charge in [0.05, 0.1) is 5.70 Å². The zero-order valence-corrected chi connectivity index (χ0v) is 11.6. The molecule has 1 aliphatic carbocycles. The highest BCUT2D eigenvalue weighted by Crippen LogP contribution is 2.41. The van der Waals surface area contributed by atoms with Crippen molar-refractivity contribution in [3.8, 4) is 0 Å². The van der Waals surface area contributed by atoms with Gasteiger partial charge in [0.2, 0.25) is 0 Å². The lowest BCUT2D eigenvalue weighted by Crippen LogP contribution is -2.27. The minimum Gasteiger partial charge on any atom is -0.473 e. The number of anilines is 1. The monoisotopic (exact) mass is 260 g/mol. The number of aryl methyl sites for hydroxylation is 1. The van der Waals surface area contributed by atoms with Crippen molar-refractivity contribution in [3.63, 3.8) is 0 Å². The van der Waals surface area contributed by atoms with Crippen LogP contribution in [0.3, 0.4) is 0 Å². The molecule has 1 aromatic rings. The van der Waals surface area contributed by atoms with Gasteiger partial charge in [-0.05, 0) is 45.2 Å². The Hall–Kier alpha value is -1.44. The highest BCUT2D eigenvalue weighted by Gasteiger charge is 2.34. The zero-order valence-electron chi connectivity index (χ0n) is 14.6. The van der Waals surface area contributed by atoms with Gasteiger partial charge in [-0.3, -0.25) is 0 Å². The Morgan fingerprint density at radius 2 is 1.95 bits per heavy atom. The fourth-order valence-electron chi connectivity index (χ4n) is 3.27. The normalized spacial score (nSPS) is 27.2. The maximum atomic E-state index is 7.87. The van der Waals surface area contributed by atoms with E-state index in [2.05, 4.69) is 0 Å². The molecule has 1 aromatic carbocycles. The van der Waals surface area contributed by atoms with E-state index in [1.165, 1.54) is 12.8 Å². The topological polar surface area (TPSA) is 12.5 Å². The third kappa shape index (κ3) is 2.13. The smallest absolute Gasteiger partial charge is 0.173 e. The summed E-state index contributed by atoms with van der Waals surface area (Å²) in [5.74, 6) is 1.26. The average molecular weight is 260 g/mol. The molecule has 0 aromatic heterocycles. The molecular weight excluding hydrogens is 234 g/mol. The molecule has 1 unspecified atom stereocenters. The summed E-state index contributed by atoms with van der Waals surface area (Å²) in [5, 5.41) is 0. The van der Waals surface area contributed by atoms with Crippen LogP contribution in [0.15, 0.2) is 35.7 Å². The van der Waals surface area contributed by atoms with Gasteiger partial charge in [-0.1, -0.05) is 31.0 Å². The predicted molar refractivity (Wildman–Crippen MR) is 78.9 cm³/mol. The molecule has 1 atom stereocenters. The van der Waals surface area contributed by atoms with E-state index in [4.69, 9.17) is 8.85 Å². The zero-order chi connectivity index (χ0) is 15.9. The third-order valence-electron chi connectivity index (χ3n) is 4.29. The summed E-state index contributed by atoms with van der Waals surface area (Å²) in [4.78, 5) is 1.87. The molecule has 0 N–H and O–H groups in total. The first-order valence-electron chi connectivity index (χ1n) is 8.62. The van der Waals surface area contributed by atoms with Crippen LogP contribution < -0.4 is 4.90 Å². The average Bonchev–Trinajstić information content (AvgIpc) is 3.06. The maximum absolute atomic E-state index is 7.87. The lowest BCUT2D eigenvalue weighted by atomic mass is 10.0. The molecule has 3 rings (SSSR count). The molecule has 2 heteroatoms. The van der Waals surface area contributed by atoms with Gasteiger partial charge in [-0.25, -0.2) is 0 Å². The number of nitrogens with zero attached hydrogens (tertiary/aromatic N) is 1. The Morgan fingerprint density at radius 1 is 1.21 bits per heavy atom. The van der Waals surface area contributed by atoms with E-state index < -0.39 is 13.1 Å². The molecule has 19 heavy (non-hydrogen) atoms. The maximum Gasteiger partial charge on any atom is 0.173 e. The van der Waals surface area contributed by atoms with Crippen LogP contribution in [0.1, 0.15) is 49.1 Å². The van der Waals surface area contributed by atoms with Crippen LogP contribution in [-0.2, 0) is 4.74 Å². The highest BCUT2D eigenvalue weighted by atomic mass is 16.5. The summed E-state index contributed by atoms with van der Waals surface area (Å²) < 4.78 is 29.6. The number of benzene rings is 1. The van der Waals surface area contributed by atoms with E-state index in [1.807, 2.05) is 43.0 Å². The van der Waals surface area contributed by atoms with Gasteiger partial charge < -0.3 is 9.64 Å². The summed E-state index contributed by atoms with van der Waals surface area (Å²) >= 11 is 0. The van der Waals surface area contributed by atoms with Crippen molar-refractivity contribution < 1.29 is 8.85 Å². The van der Waals surface area contributed by atoms with Crippen molar-refractivity contribution in [1.29, 1.82) is 0 Å². The van der Waals surface area contributed by atoms with Crippen LogP contribution in [0.2, 0.25) is 0 Å². The van der Waals surface area contributed by atoms with Crippen molar-refractivity contribution in [2.75, 3.05) is 4.90 Å². The second-order valence-corrected chi connectivity index (χ2v) is 5.56. The second-order valence-electron chi connectivity index (χ2n) is 5.56. The largest absolute Gasteiger partial charge is 0.473 e. The summed E-state index contributed by atoms with van der Waals surface area (Å²) in [5.41, 5.74) is 2.95. The van der Waals surface area contributed by atoms with Gasteiger partial charge in [0.15, 0.2) is 6.23 Å². The van der Waals surface area contributed by atoms with Crippen LogP contribution >= 0.6 is 0 Å². The number of rotatable bonds is 2. The molecular formula is C17H23NO. The van der Waals surface area contributed by atoms with Crippen molar-refractivity contribution >= 4 is 5.69 Å². The van der Waals surface area contributed by atoms with Crippen LogP contribution in [0, 0.1) is 12.8 Å². The molecule has 0 amide bonds. The molecule has 0 saturated heterocycles. The Kier molecular flexibility index (Phi) is 2.45. The van der Waals surface area contributed by atoms with E-state index in [9.17, 15) is 0 Å². The van der Waals surface area contributed by atoms with Gasteiger partial charge in [-0.15, -0.1) is 0 Å². The van der Waals surface area contributed by atoms with Gasteiger partial charge in [0.1, 0.15) is 5.76 Å². The van der Waals surface area contributed by atoms with Crippen molar-refractivity contribution in [3.05, 3.63) is 41.3 Å². The first-order chi connectivity index (χ1) is 10.4. The number of ether oxygens (including phenoxy) is 1. The molecule has 2 nitrogen and oxygen atoms in total. The summed E-state index contributed by atoms with van der Waals surface area (Å²) in [6, 6.07) is 7.89. The number of allylic oxidation sites excluding steroid dienone is 2. The minimum atomic E-state index is -2.18. The van der Waals surface area contributed by atoms with Crippen molar-refractivity contribution in [2.45, 2.75) is 52.6 Å².